The van der Waals surface area contributed by atoms with Crippen LogP contribution in [0, 0.1) is 5.92 Å². The molecule has 0 aliphatic carbocycles. The summed E-state index contributed by atoms with van der Waals surface area (Å²) in [7, 11) is 2.70. The van der Waals surface area contributed by atoms with Gasteiger partial charge in [0.05, 0.1) is 14.2 Å². The molecule has 0 aliphatic heterocycles. The van der Waals surface area contributed by atoms with E-state index in [-0.39, 0.29) is 12.5 Å². The van der Waals surface area contributed by atoms with Gasteiger partial charge < -0.3 is 24.1 Å². The molecule has 0 saturated heterocycles. The van der Waals surface area contributed by atoms with Crippen molar-refractivity contribution in [3.8, 4) is 5.88 Å². The third-order valence-corrected chi connectivity index (χ3v) is 2.49. The van der Waals surface area contributed by atoms with Crippen LogP contribution in [0.4, 0.5) is 4.79 Å². The molecule has 1 atom stereocenters. The molecule has 1 amide bonds. The second-order valence-electron chi connectivity index (χ2n) is 4.30. The quantitative estimate of drug-likeness (QED) is 0.782. The Kier molecular flexibility index (Phi) is 5.82. The fourth-order valence-electron chi connectivity index (χ4n) is 1.39. The van der Waals surface area contributed by atoms with Crippen LogP contribution in [-0.4, -0.2) is 37.5 Å². The maximum absolute atomic E-state index is 11.6. The summed E-state index contributed by atoms with van der Waals surface area (Å²) in [5.41, 5.74) is 0. The largest absolute Gasteiger partial charge is 0.479 e. The van der Waals surface area contributed by atoms with Crippen LogP contribution in [0.2, 0.25) is 0 Å². The topological polar surface area (TPSA) is 99.9 Å². The highest BCUT2D eigenvalue weighted by Crippen LogP contribution is 2.11. The van der Waals surface area contributed by atoms with E-state index < -0.39 is 18.1 Å². The normalized spacial score (nSPS) is 11.8. The van der Waals surface area contributed by atoms with Gasteiger partial charge in [-0.15, -0.1) is 0 Å². The second-order valence-corrected chi connectivity index (χ2v) is 4.30. The Morgan fingerprint density at radius 1 is 1.40 bits per heavy atom. The van der Waals surface area contributed by atoms with Gasteiger partial charge in [0.25, 0.3) is 5.88 Å². The lowest BCUT2D eigenvalue weighted by atomic mass is 10.1. The molecule has 0 unspecified atom stereocenters. The molecule has 0 aromatic carbocycles. The number of carbonyl (C=O) groups is 2. The van der Waals surface area contributed by atoms with Crippen molar-refractivity contribution in [2.75, 3.05) is 14.2 Å². The highest BCUT2D eigenvalue weighted by Gasteiger charge is 2.25. The molecule has 20 heavy (non-hydrogen) atoms. The minimum absolute atomic E-state index is 0.117. The number of carbonyl (C=O) groups excluding carboxylic acids is 2. The number of hydrogen-bond acceptors (Lipinski definition) is 7. The average Bonchev–Trinajstić information content (AvgIpc) is 2.89. The van der Waals surface area contributed by atoms with Crippen LogP contribution in [0.3, 0.4) is 0 Å². The van der Waals surface area contributed by atoms with Gasteiger partial charge in [0.2, 0.25) is 0 Å². The van der Waals surface area contributed by atoms with Gasteiger partial charge in [-0.1, -0.05) is 13.8 Å². The van der Waals surface area contributed by atoms with Crippen molar-refractivity contribution in [2.24, 2.45) is 5.92 Å². The molecule has 8 nitrogen and oxygen atoms in total. The Bertz CT molecular complexity index is 457. The summed E-state index contributed by atoms with van der Waals surface area (Å²) in [6, 6.07) is 0.727. The van der Waals surface area contributed by atoms with Crippen LogP contribution in [0.5, 0.6) is 5.88 Å². The molecule has 1 rings (SSSR count). The van der Waals surface area contributed by atoms with Crippen molar-refractivity contribution in [1.29, 1.82) is 0 Å². The summed E-state index contributed by atoms with van der Waals surface area (Å²) in [6.07, 6.45) is -0.746. The zero-order valence-electron chi connectivity index (χ0n) is 11.8. The highest BCUT2D eigenvalue weighted by molar-refractivity contribution is 5.81. The number of alkyl carbamates (subject to hydrolysis) is 1. The number of nitrogens with one attached hydrogen (secondary N) is 1. The van der Waals surface area contributed by atoms with Crippen molar-refractivity contribution in [3.05, 3.63) is 11.8 Å². The maximum atomic E-state index is 11.6. The molecular formula is C12H18N2O6. The van der Waals surface area contributed by atoms with Crippen molar-refractivity contribution in [3.63, 3.8) is 0 Å². The number of ether oxygens (including phenoxy) is 3. The third-order valence-electron chi connectivity index (χ3n) is 2.49. The van der Waals surface area contributed by atoms with Crippen LogP contribution < -0.4 is 10.1 Å². The van der Waals surface area contributed by atoms with Crippen LogP contribution >= 0.6 is 0 Å². The SMILES string of the molecule is COC(=O)[C@@H](NC(=O)OCc1cc(OC)no1)C(C)C. The zero-order valence-corrected chi connectivity index (χ0v) is 11.8. The number of nitrogens with zero attached hydrogens (tertiary/aromatic N) is 1. The van der Waals surface area contributed by atoms with Gasteiger partial charge in [0, 0.05) is 6.07 Å². The summed E-state index contributed by atoms with van der Waals surface area (Å²) in [5, 5.41) is 5.99. The van der Waals surface area contributed by atoms with E-state index in [9.17, 15) is 9.59 Å². The Labute approximate surface area is 116 Å². The molecule has 112 valence electrons. The fraction of sp³-hybridized carbons (Fsp3) is 0.583. The average molecular weight is 286 g/mol. The molecule has 0 spiro atoms. The number of rotatable bonds is 6. The predicted molar refractivity (Wildman–Crippen MR) is 67.0 cm³/mol. The van der Waals surface area contributed by atoms with E-state index in [1.54, 1.807) is 13.8 Å². The van der Waals surface area contributed by atoms with Crippen molar-refractivity contribution < 1.29 is 28.3 Å². The lowest BCUT2D eigenvalue weighted by molar-refractivity contribution is -0.144. The first-order valence-corrected chi connectivity index (χ1v) is 5.98. The number of aromatic nitrogens is 1. The molecule has 8 heteroatoms. The fourth-order valence-corrected chi connectivity index (χ4v) is 1.39. The Morgan fingerprint density at radius 2 is 2.10 bits per heavy atom. The summed E-state index contributed by atoms with van der Waals surface area (Å²) >= 11 is 0. The molecule has 0 bridgehead atoms. The Balaban J connectivity index is 2.47. The zero-order chi connectivity index (χ0) is 15.1. The molecule has 0 fully saturated rings. The van der Waals surface area contributed by atoms with Crippen LogP contribution in [0.15, 0.2) is 10.6 Å². The second kappa shape index (κ2) is 7.37. The van der Waals surface area contributed by atoms with Gasteiger partial charge >= 0.3 is 12.1 Å². The summed E-state index contributed by atoms with van der Waals surface area (Å²) in [5.74, 6) is -0.0338. The first-order valence-electron chi connectivity index (χ1n) is 5.98. The van der Waals surface area contributed by atoms with Gasteiger partial charge in [-0.2, -0.15) is 0 Å². The predicted octanol–water partition coefficient (Wildman–Crippen LogP) is 1.11. The number of methoxy groups -OCH3 is 2. The van der Waals surface area contributed by atoms with E-state index in [1.807, 2.05) is 0 Å². The number of hydrogen-bond donors (Lipinski definition) is 1. The third kappa shape index (κ3) is 4.45. The minimum atomic E-state index is -0.767. The summed E-state index contributed by atoms with van der Waals surface area (Å²) in [6.45, 7) is 3.44. The molecule has 1 aromatic heterocycles. The van der Waals surface area contributed by atoms with E-state index in [2.05, 4.69) is 15.2 Å². The van der Waals surface area contributed by atoms with Gasteiger partial charge in [0.15, 0.2) is 12.4 Å². The maximum Gasteiger partial charge on any atom is 0.408 e. The van der Waals surface area contributed by atoms with E-state index in [0.717, 1.165) is 0 Å². The first kappa shape index (κ1) is 15.8. The summed E-state index contributed by atoms with van der Waals surface area (Å²) < 4.78 is 19.2. The number of esters is 1. The van der Waals surface area contributed by atoms with Crippen molar-refractivity contribution in [1.82, 2.24) is 10.5 Å². The Hall–Kier alpha value is -2.25. The molecule has 0 aliphatic rings. The van der Waals surface area contributed by atoms with E-state index in [1.165, 1.54) is 20.3 Å². The highest BCUT2D eigenvalue weighted by atomic mass is 16.6. The Morgan fingerprint density at radius 3 is 2.60 bits per heavy atom. The van der Waals surface area contributed by atoms with E-state index in [0.29, 0.717) is 11.6 Å². The lowest BCUT2D eigenvalue weighted by Gasteiger charge is -2.19. The van der Waals surface area contributed by atoms with Gasteiger partial charge in [-0.25, -0.2) is 9.59 Å². The van der Waals surface area contributed by atoms with Gasteiger partial charge in [-0.05, 0) is 11.1 Å². The molecular weight excluding hydrogens is 268 g/mol. The van der Waals surface area contributed by atoms with E-state index >= 15 is 0 Å². The van der Waals surface area contributed by atoms with E-state index in [4.69, 9.17) is 14.0 Å². The monoisotopic (exact) mass is 286 g/mol. The van der Waals surface area contributed by atoms with Crippen LogP contribution in [0.1, 0.15) is 19.6 Å². The smallest absolute Gasteiger partial charge is 0.408 e. The van der Waals surface area contributed by atoms with Gasteiger partial charge in [0.1, 0.15) is 6.04 Å². The van der Waals surface area contributed by atoms with Crippen LogP contribution in [0.25, 0.3) is 0 Å². The van der Waals surface area contributed by atoms with Crippen molar-refractivity contribution >= 4 is 12.1 Å². The lowest BCUT2D eigenvalue weighted by Crippen LogP contribution is -2.45. The standard InChI is InChI=1S/C12H18N2O6/c1-7(2)10(11(15)18-4)13-12(16)19-6-8-5-9(17-3)14-20-8/h5,7,10H,6H2,1-4H3,(H,13,16)/t10-/m0/s1. The molecule has 1 heterocycles. The summed E-state index contributed by atoms with van der Waals surface area (Å²) in [4.78, 5) is 23.1. The number of amides is 1. The van der Waals surface area contributed by atoms with Crippen molar-refractivity contribution in [2.45, 2.75) is 26.5 Å². The van der Waals surface area contributed by atoms with Crippen LogP contribution in [-0.2, 0) is 20.9 Å². The molecule has 0 saturated carbocycles. The molecule has 1 aromatic rings. The first-order chi connectivity index (χ1) is 9.47. The molecule has 1 N–H and O–H groups in total. The molecule has 0 radical (unpaired) electrons. The minimum Gasteiger partial charge on any atom is -0.479 e. The van der Waals surface area contributed by atoms with Gasteiger partial charge in [-0.3, -0.25) is 0 Å².